The van der Waals surface area contributed by atoms with E-state index in [0.29, 0.717) is 19.3 Å². The summed E-state index contributed by atoms with van der Waals surface area (Å²) in [5, 5.41) is 2.67. The van der Waals surface area contributed by atoms with Crippen LogP contribution in [-0.4, -0.2) is 53.6 Å². The molecular weight excluding hydrogens is 346 g/mol. The van der Waals surface area contributed by atoms with E-state index in [1.54, 1.807) is 0 Å². The predicted molar refractivity (Wildman–Crippen MR) is 96.2 cm³/mol. The number of hydrogen-bond donors (Lipinski definition) is 2. The number of rotatable bonds is 9. The number of carbonyl (C=O) groups excluding carboxylic acids is 2. The Morgan fingerprint density at radius 2 is 1.96 bits per heavy atom. The largest absolute Gasteiger partial charge is 0.748 e. The molecule has 2 unspecified atom stereocenters. The standard InChI is InChI=1S/C16H30N2O5S.H3N/c1-5-13(9-8-12(2)18-10-6-7-14(18)19)15(20)17-16(3,4)11-24(21,22)23;/h12-13H,5-11H2,1-4H3,(H,17,20)(H,21,22,23);1H3. The predicted octanol–water partition coefficient (Wildman–Crippen LogP) is 1.62. The van der Waals surface area contributed by atoms with Crippen LogP contribution in [0.5, 0.6) is 0 Å². The zero-order valence-corrected chi connectivity index (χ0v) is 16.8. The topological polar surface area (TPSA) is 143 Å². The van der Waals surface area contributed by atoms with Crippen LogP contribution in [0.3, 0.4) is 0 Å². The summed E-state index contributed by atoms with van der Waals surface area (Å²) >= 11 is 0. The molecule has 0 saturated carbocycles. The van der Waals surface area contributed by atoms with Gasteiger partial charge in [-0.1, -0.05) is 6.92 Å². The first-order valence-electron chi connectivity index (χ1n) is 8.50. The molecule has 1 aliphatic rings. The van der Waals surface area contributed by atoms with Gasteiger partial charge in [-0.25, -0.2) is 8.42 Å². The molecule has 5 N–H and O–H groups in total. The number of amides is 2. The minimum atomic E-state index is -4.41. The Labute approximate surface area is 151 Å². The lowest BCUT2D eigenvalue weighted by Crippen LogP contribution is -2.50. The number of hydrogen-bond acceptors (Lipinski definition) is 5. The van der Waals surface area contributed by atoms with Crippen LogP contribution < -0.4 is 11.5 Å². The Balaban J connectivity index is 0.00000576. The van der Waals surface area contributed by atoms with Crippen molar-refractivity contribution in [1.29, 1.82) is 0 Å². The normalized spacial score (nSPS) is 17.8. The average molecular weight is 380 g/mol. The number of nitrogens with zero attached hydrogens (tertiary/aromatic N) is 1. The first kappa shape index (κ1) is 23.8. The van der Waals surface area contributed by atoms with E-state index in [1.165, 1.54) is 13.8 Å². The number of nitrogens with one attached hydrogen (secondary N) is 1. The van der Waals surface area contributed by atoms with Crippen molar-refractivity contribution in [3.8, 4) is 0 Å². The van der Waals surface area contributed by atoms with E-state index in [1.807, 2.05) is 18.7 Å². The van der Waals surface area contributed by atoms with Crippen molar-refractivity contribution in [2.75, 3.05) is 12.3 Å². The molecule has 0 bridgehead atoms. The van der Waals surface area contributed by atoms with Crippen molar-refractivity contribution in [3.63, 3.8) is 0 Å². The summed E-state index contributed by atoms with van der Waals surface area (Å²) in [6.07, 6.45) is 3.44. The highest BCUT2D eigenvalue weighted by atomic mass is 32.2. The first-order valence-corrected chi connectivity index (χ1v) is 10.1. The van der Waals surface area contributed by atoms with Crippen LogP contribution in [0.1, 0.15) is 59.8 Å². The molecule has 1 saturated heterocycles. The van der Waals surface area contributed by atoms with Crippen molar-refractivity contribution < 1.29 is 22.6 Å². The molecule has 148 valence electrons. The Hall–Kier alpha value is -1.19. The highest BCUT2D eigenvalue weighted by molar-refractivity contribution is 7.85. The van der Waals surface area contributed by atoms with Crippen molar-refractivity contribution in [3.05, 3.63) is 0 Å². The first-order chi connectivity index (χ1) is 10.9. The monoisotopic (exact) mass is 379 g/mol. The molecule has 2 amide bonds. The van der Waals surface area contributed by atoms with Crippen molar-refractivity contribution in [2.24, 2.45) is 5.92 Å². The fraction of sp³-hybridized carbons (Fsp3) is 0.875. The number of carbonyl (C=O) groups is 2. The van der Waals surface area contributed by atoms with Crippen LogP contribution in [0.25, 0.3) is 0 Å². The Kier molecular flexibility index (Phi) is 9.04. The van der Waals surface area contributed by atoms with Gasteiger partial charge in [0.25, 0.3) is 0 Å². The third-order valence-corrected chi connectivity index (χ3v) is 5.51. The van der Waals surface area contributed by atoms with Gasteiger partial charge in [-0.3, -0.25) is 9.59 Å². The minimum Gasteiger partial charge on any atom is -0.748 e. The second-order valence-corrected chi connectivity index (χ2v) is 8.70. The summed E-state index contributed by atoms with van der Waals surface area (Å²) in [6.45, 7) is 7.71. The second kappa shape index (κ2) is 9.49. The maximum Gasteiger partial charge on any atom is 0.223 e. The van der Waals surface area contributed by atoms with Crippen LogP contribution >= 0.6 is 0 Å². The molecule has 0 aromatic carbocycles. The fourth-order valence-corrected chi connectivity index (χ4v) is 4.12. The summed E-state index contributed by atoms with van der Waals surface area (Å²) in [4.78, 5) is 26.0. The van der Waals surface area contributed by atoms with Crippen molar-refractivity contribution in [2.45, 2.75) is 71.4 Å². The SMILES string of the molecule is CCC(CCC(C)N1CCCC1=O)C(=O)NC(C)(C)CS(=O)(=O)[O-].[NH4+]. The summed E-state index contributed by atoms with van der Waals surface area (Å²) in [7, 11) is -4.41. The number of likely N-dealkylation sites (tertiary alicyclic amines) is 1. The number of quaternary nitrogens is 1. The zero-order valence-electron chi connectivity index (χ0n) is 16.0. The van der Waals surface area contributed by atoms with Gasteiger partial charge in [0, 0.05) is 30.5 Å². The molecule has 0 aromatic heterocycles. The van der Waals surface area contributed by atoms with Gasteiger partial charge in [-0.05, 0) is 46.5 Å². The molecule has 8 nitrogen and oxygen atoms in total. The van der Waals surface area contributed by atoms with E-state index in [2.05, 4.69) is 5.32 Å². The van der Waals surface area contributed by atoms with Crippen LogP contribution in [0.4, 0.5) is 0 Å². The summed E-state index contributed by atoms with van der Waals surface area (Å²) < 4.78 is 32.7. The van der Waals surface area contributed by atoms with Crippen molar-refractivity contribution in [1.82, 2.24) is 16.4 Å². The minimum absolute atomic E-state index is 0. The smallest absolute Gasteiger partial charge is 0.223 e. The van der Waals surface area contributed by atoms with Gasteiger partial charge in [-0.2, -0.15) is 0 Å². The van der Waals surface area contributed by atoms with E-state index in [-0.39, 0.29) is 29.9 Å². The lowest BCUT2D eigenvalue weighted by molar-refractivity contribution is -0.129. The highest BCUT2D eigenvalue weighted by Gasteiger charge is 2.29. The van der Waals surface area contributed by atoms with Crippen LogP contribution in [0, 0.1) is 5.92 Å². The molecule has 25 heavy (non-hydrogen) atoms. The van der Waals surface area contributed by atoms with E-state index >= 15 is 0 Å². The third kappa shape index (κ3) is 8.15. The maximum absolute atomic E-state index is 12.4. The van der Waals surface area contributed by atoms with Gasteiger partial charge in [-0.15, -0.1) is 0 Å². The summed E-state index contributed by atoms with van der Waals surface area (Å²) in [5.41, 5.74) is -1.10. The van der Waals surface area contributed by atoms with Gasteiger partial charge >= 0.3 is 0 Å². The molecule has 0 radical (unpaired) electrons. The molecule has 0 spiro atoms. The Morgan fingerprint density at radius 3 is 2.40 bits per heavy atom. The third-order valence-electron chi connectivity index (χ3n) is 4.44. The van der Waals surface area contributed by atoms with Crippen LogP contribution in [-0.2, 0) is 19.7 Å². The van der Waals surface area contributed by atoms with E-state index < -0.39 is 21.4 Å². The molecule has 1 aliphatic heterocycles. The summed E-state index contributed by atoms with van der Waals surface area (Å²) in [5.74, 6) is -0.979. The average Bonchev–Trinajstić information content (AvgIpc) is 2.81. The maximum atomic E-state index is 12.4. The van der Waals surface area contributed by atoms with Crippen LogP contribution in [0.15, 0.2) is 0 Å². The lowest BCUT2D eigenvalue weighted by Gasteiger charge is -2.30. The molecule has 2 atom stereocenters. The zero-order chi connectivity index (χ0) is 18.5. The molecular formula is C16H33N3O5S. The lowest BCUT2D eigenvalue weighted by atomic mass is 9.95. The molecule has 1 rings (SSSR count). The van der Waals surface area contributed by atoms with Gasteiger partial charge in [0.1, 0.15) is 0 Å². The second-order valence-electron chi connectivity index (χ2n) is 7.30. The molecule has 9 heteroatoms. The fourth-order valence-electron chi connectivity index (χ4n) is 3.17. The van der Waals surface area contributed by atoms with E-state index in [4.69, 9.17) is 0 Å². The quantitative estimate of drug-likeness (QED) is 0.585. The van der Waals surface area contributed by atoms with Crippen LogP contribution in [0.2, 0.25) is 0 Å². The highest BCUT2D eigenvalue weighted by Crippen LogP contribution is 2.21. The van der Waals surface area contributed by atoms with Crippen molar-refractivity contribution >= 4 is 21.9 Å². The summed E-state index contributed by atoms with van der Waals surface area (Å²) in [6, 6.07) is 0.0943. The van der Waals surface area contributed by atoms with E-state index in [0.717, 1.165) is 19.4 Å². The molecule has 1 heterocycles. The Bertz CT molecular complexity index is 562. The van der Waals surface area contributed by atoms with E-state index in [9.17, 15) is 22.6 Å². The molecule has 0 aromatic rings. The van der Waals surface area contributed by atoms with Gasteiger partial charge in [0.2, 0.25) is 11.8 Å². The Morgan fingerprint density at radius 1 is 1.36 bits per heavy atom. The molecule has 0 aliphatic carbocycles. The van der Waals surface area contributed by atoms with Gasteiger partial charge < -0.3 is 20.9 Å². The van der Waals surface area contributed by atoms with Gasteiger partial charge in [0.15, 0.2) is 0 Å². The van der Waals surface area contributed by atoms with Gasteiger partial charge in [0.05, 0.1) is 15.9 Å². The molecule has 1 fully saturated rings.